The summed E-state index contributed by atoms with van der Waals surface area (Å²) in [5, 5.41) is 0. The van der Waals surface area contributed by atoms with Crippen LogP contribution in [0.15, 0.2) is 158 Å². The second-order valence-corrected chi connectivity index (χ2v) is 19.9. The van der Waals surface area contributed by atoms with E-state index in [1.807, 2.05) is 21.1 Å². The number of hydrogen-bond acceptors (Lipinski definition) is 7. The quantitative estimate of drug-likeness (QED) is 0.0197. The number of quaternary nitrogens is 1. The third-order valence-corrected chi connectivity index (χ3v) is 11.5. The summed E-state index contributed by atoms with van der Waals surface area (Å²) in [7, 11) is 1.29. The Morgan fingerprint density at radius 3 is 1.14 bits per heavy atom. The van der Waals surface area contributed by atoms with Gasteiger partial charge < -0.3 is 27.9 Å². The molecule has 9 heteroatoms. The Balaban J connectivity index is 4.30. The minimum Gasteiger partial charge on any atom is -0.756 e. The Bertz CT molecular complexity index is 1680. The topological polar surface area (TPSA) is 94.1 Å². The fourth-order valence-electron chi connectivity index (χ4n) is 6.47. The summed E-state index contributed by atoms with van der Waals surface area (Å²) >= 11 is 0. The number of phosphoric ester groups is 1. The van der Waals surface area contributed by atoms with E-state index in [4.69, 9.17) is 18.5 Å². The highest BCUT2D eigenvalue weighted by atomic mass is 31.2. The van der Waals surface area contributed by atoms with Crippen molar-refractivity contribution in [3.8, 4) is 0 Å². The van der Waals surface area contributed by atoms with Crippen molar-refractivity contribution >= 4 is 13.8 Å². The van der Waals surface area contributed by atoms with E-state index >= 15 is 0 Å². The molecule has 0 aliphatic rings. The van der Waals surface area contributed by atoms with E-state index in [-0.39, 0.29) is 32.2 Å². The van der Waals surface area contributed by atoms with Crippen LogP contribution in [0.4, 0.5) is 0 Å². The van der Waals surface area contributed by atoms with E-state index < -0.39 is 13.9 Å². The highest BCUT2D eigenvalue weighted by Crippen LogP contribution is 2.38. The molecule has 0 spiro atoms. The normalized spacial score (nSPS) is 14.7. The zero-order valence-electron chi connectivity index (χ0n) is 45.3. The van der Waals surface area contributed by atoms with Crippen LogP contribution in [0.3, 0.4) is 0 Å². The zero-order valence-corrected chi connectivity index (χ0v) is 46.2. The van der Waals surface area contributed by atoms with Gasteiger partial charge in [0.1, 0.15) is 19.3 Å². The summed E-state index contributed by atoms with van der Waals surface area (Å²) in [4.78, 5) is 25.2. The van der Waals surface area contributed by atoms with Gasteiger partial charge in [0.2, 0.25) is 0 Å². The summed E-state index contributed by atoms with van der Waals surface area (Å²) in [6, 6.07) is 0. The van der Waals surface area contributed by atoms with E-state index in [0.717, 1.165) is 141 Å². The Morgan fingerprint density at radius 2 is 0.775 bits per heavy atom. The molecule has 0 amide bonds. The van der Waals surface area contributed by atoms with Gasteiger partial charge in [-0.05, 0) is 122 Å². The van der Waals surface area contributed by atoms with E-state index in [1.165, 1.54) is 0 Å². The molecule has 0 heterocycles. The second-order valence-electron chi connectivity index (χ2n) is 18.5. The molecule has 71 heavy (non-hydrogen) atoms. The predicted molar refractivity (Wildman–Crippen MR) is 304 cm³/mol. The van der Waals surface area contributed by atoms with Gasteiger partial charge in [-0.25, -0.2) is 0 Å². The first-order valence-electron chi connectivity index (χ1n) is 27.2. The van der Waals surface area contributed by atoms with Crippen LogP contribution in [-0.4, -0.2) is 70.7 Å². The molecule has 0 aliphatic heterocycles. The number of esters is 1. The molecule has 0 aromatic carbocycles. The number of nitrogens with zero attached hydrogens (tertiary/aromatic N) is 1. The molecular weight excluding hydrogens is 902 g/mol. The fourth-order valence-corrected chi connectivity index (χ4v) is 7.20. The van der Waals surface area contributed by atoms with Gasteiger partial charge >= 0.3 is 5.97 Å². The molecule has 2 unspecified atom stereocenters. The zero-order chi connectivity index (χ0) is 51.9. The second kappa shape index (κ2) is 52.4. The maximum Gasteiger partial charge on any atom is 0.306 e. The molecule has 8 nitrogen and oxygen atoms in total. The van der Waals surface area contributed by atoms with Crippen molar-refractivity contribution in [2.24, 2.45) is 0 Å². The molecule has 2 atom stereocenters. The summed E-state index contributed by atoms with van der Waals surface area (Å²) < 4.78 is 34.7. The molecule has 0 N–H and O–H groups in total. The lowest BCUT2D eigenvalue weighted by molar-refractivity contribution is -0.870. The molecule has 0 rings (SSSR count). The number of carbonyl (C=O) groups excluding carboxylic acids is 1. The van der Waals surface area contributed by atoms with Crippen molar-refractivity contribution in [2.45, 2.75) is 174 Å². The van der Waals surface area contributed by atoms with Gasteiger partial charge in [-0.2, -0.15) is 0 Å². The number of phosphoric acid groups is 1. The smallest absolute Gasteiger partial charge is 0.306 e. The van der Waals surface area contributed by atoms with Crippen molar-refractivity contribution in [2.75, 3.05) is 54.1 Å². The van der Waals surface area contributed by atoms with Gasteiger partial charge in [-0.15, -0.1) is 0 Å². The van der Waals surface area contributed by atoms with Crippen LogP contribution in [-0.2, 0) is 27.9 Å². The monoisotopic (exact) mass is 1000 g/mol. The first-order chi connectivity index (χ1) is 34.6. The van der Waals surface area contributed by atoms with Crippen LogP contribution in [0, 0.1) is 0 Å². The average Bonchev–Trinajstić information content (AvgIpc) is 3.33. The summed E-state index contributed by atoms with van der Waals surface area (Å²) in [5.41, 5.74) is 0. The van der Waals surface area contributed by atoms with Crippen molar-refractivity contribution < 1.29 is 37.3 Å². The van der Waals surface area contributed by atoms with Crippen molar-refractivity contribution in [3.63, 3.8) is 0 Å². The molecule has 400 valence electrons. The number of carbonyl (C=O) groups is 1. The average molecular weight is 1000 g/mol. The lowest BCUT2D eigenvalue weighted by Crippen LogP contribution is -2.37. The Morgan fingerprint density at radius 1 is 0.437 bits per heavy atom. The number of ether oxygens (including phenoxy) is 2. The van der Waals surface area contributed by atoms with Crippen LogP contribution >= 0.6 is 7.82 Å². The van der Waals surface area contributed by atoms with Gasteiger partial charge in [0, 0.05) is 13.0 Å². The molecule has 0 aliphatic carbocycles. The van der Waals surface area contributed by atoms with E-state index in [2.05, 4.69) is 172 Å². The van der Waals surface area contributed by atoms with Gasteiger partial charge in [0.15, 0.2) is 0 Å². The summed E-state index contributed by atoms with van der Waals surface area (Å²) in [5.74, 6) is -0.375. The Kier molecular flexibility index (Phi) is 49.6. The largest absolute Gasteiger partial charge is 0.756 e. The first kappa shape index (κ1) is 67.1. The molecule has 0 fully saturated rings. The van der Waals surface area contributed by atoms with Gasteiger partial charge in [0.05, 0.1) is 34.4 Å². The van der Waals surface area contributed by atoms with Crippen molar-refractivity contribution in [3.05, 3.63) is 158 Å². The van der Waals surface area contributed by atoms with Crippen LogP contribution in [0.2, 0.25) is 0 Å². The van der Waals surface area contributed by atoms with Gasteiger partial charge in [-0.3, -0.25) is 9.36 Å². The maximum absolute atomic E-state index is 12.8. The van der Waals surface area contributed by atoms with Crippen LogP contribution in [0.5, 0.6) is 0 Å². The van der Waals surface area contributed by atoms with Crippen molar-refractivity contribution in [1.29, 1.82) is 0 Å². The molecular formula is C62H100NO7P. The number of likely N-dealkylation sites (N-methyl/N-ethyl adjacent to an activating group) is 1. The molecule has 0 aromatic heterocycles. The number of allylic oxidation sites excluding steroid dienone is 26. The lowest BCUT2D eigenvalue weighted by atomic mass is 10.1. The van der Waals surface area contributed by atoms with E-state index in [1.54, 1.807) is 0 Å². The number of hydrogen-bond donors (Lipinski definition) is 0. The van der Waals surface area contributed by atoms with Crippen LogP contribution in [0.1, 0.15) is 168 Å². The minimum atomic E-state index is -4.56. The highest BCUT2D eigenvalue weighted by Gasteiger charge is 2.20. The van der Waals surface area contributed by atoms with E-state index in [0.29, 0.717) is 24.1 Å². The minimum absolute atomic E-state index is 0.00456. The van der Waals surface area contributed by atoms with Crippen LogP contribution in [0.25, 0.3) is 0 Å². The lowest BCUT2D eigenvalue weighted by Gasteiger charge is -2.28. The summed E-state index contributed by atoms with van der Waals surface area (Å²) in [6.45, 7) is 5.04. The summed E-state index contributed by atoms with van der Waals surface area (Å²) in [6.07, 6.45) is 79.9. The van der Waals surface area contributed by atoms with E-state index in [9.17, 15) is 14.3 Å². The Hall–Kier alpha value is -3.88. The molecule has 0 radical (unpaired) electrons. The van der Waals surface area contributed by atoms with Gasteiger partial charge in [-0.1, -0.05) is 198 Å². The third-order valence-electron chi connectivity index (χ3n) is 10.6. The highest BCUT2D eigenvalue weighted by molar-refractivity contribution is 7.45. The fraction of sp³-hybridized carbons (Fsp3) is 0.565. The SMILES string of the molecule is CC/C=C\C/C=C\C/C=C\C/C=C\C/C=C\C/C=C\C/C=C\CCCCCCOCC(COP(=O)([O-])OCC[N+](C)(C)C)OC(=O)CCCCCC/C=C\C/C=C\C/C=C\C/C=C\C/C=C\C/C=C\CC. The molecule has 0 bridgehead atoms. The molecule has 0 saturated carbocycles. The maximum atomic E-state index is 12.8. The van der Waals surface area contributed by atoms with Crippen molar-refractivity contribution in [1.82, 2.24) is 0 Å². The third kappa shape index (κ3) is 56.9. The number of unbranched alkanes of at least 4 members (excludes halogenated alkanes) is 8. The Labute approximate surface area is 435 Å². The van der Waals surface area contributed by atoms with Crippen LogP contribution < -0.4 is 4.89 Å². The molecule has 0 saturated heterocycles. The standard InChI is InChI=1S/C62H100NO7P/c1-6-8-10-12-14-16-18-20-22-24-26-28-30-31-32-34-36-38-40-42-44-46-48-50-52-54-57-67-59-61(60-69-71(65,66)68-58-56-63(3,4)5)70-62(64)55-53-51-49-47-45-43-41-39-37-35-33-29-27-25-23-21-19-17-15-13-11-9-7-2/h8-11,14-17,20-23,26-29,31-32,35-38,41-44,61H,6-7,12-13,18-19,24-25,30,33-34,39-40,45-60H2,1-5H3/b10-8-,11-9-,16-14-,17-15-,22-20-,23-21-,28-26-,29-27-,32-31-,37-35-,38-36-,43-41-,44-42-. The predicted octanol–water partition coefficient (Wildman–Crippen LogP) is 16.8. The number of rotatable bonds is 48. The first-order valence-corrected chi connectivity index (χ1v) is 28.7. The van der Waals surface area contributed by atoms with Gasteiger partial charge in [0.25, 0.3) is 7.82 Å². The molecule has 0 aromatic rings.